The molecule has 0 atom stereocenters. The number of nitrogens with zero attached hydrogens (tertiary/aromatic N) is 4. The van der Waals surface area contributed by atoms with E-state index < -0.39 is 0 Å². The maximum absolute atomic E-state index is 12.5. The van der Waals surface area contributed by atoms with E-state index in [9.17, 15) is 9.59 Å². The summed E-state index contributed by atoms with van der Waals surface area (Å²) in [5.74, 6) is -0.0766. The van der Waals surface area contributed by atoms with Crippen molar-refractivity contribution in [3.63, 3.8) is 0 Å². The van der Waals surface area contributed by atoms with Gasteiger partial charge in [0.25, 0.3) is 11.8 Å². The molecule has 2 amide bonds. The third-order valence-electron chi connectivity index (χ3n) is 5.05. The van der Waals surface area contributed by atoms with Crippen LogP contribution in [0.5, 0.6) is 0 Å². The van der Waals surface area contributed by atoms with Crippen molar-refractivity contribution in [1.29, 1.82) is 0 Å². The van der Waals surface area contributed by atoms with Crippen molar-refractivity contribution in [1.82, 2.24) is 25.0 Å². The van der Waals surface area contributed by atoms with Gasteiger partial charge in [-0.25, -0.2) is 9.67 Å². The number of carbonyl (C=O) groups is 2. The molecular weight excluding hydrogens is 366 g/mol. The summed E-state index contributed by atoms with van der Waals surface area (Å²) >= 11 is 0. The largest absolute Gasteiger partial charge is 0.348 e. The summed E-state index contributed by atoms with van der Waals surface area (Å²) in [6.07, 6.45) is 5.29. The zero-order valence-electron chi connectivity index (χ0n) is 16.1. The lowest BCUT2D eigenvalue weighted by atomic mass is 10.1. The van der Waals surface area contributed by atoms with Gasteiger partial charge >= 0.3 is 0 Å². The van der Waals surface area contributed by atoms with Gasteiger partial charge in [-0.3, -0.25) is 9.59 Å². The van der Waals surface area contributed by atoms with Crippen molar-refractivity contribution in [3.05, 3.63) is 83.4 Å². The summed E-state index contributed by atoms with van der Waals surface area (Å²) < 4.78 is 1.73. The first-order valence-electron chi connectivity index (χ1n) is 9.77. The molecule has 2 aromatic carbocycles. The Kier molecular flexibility index (Phi) is 5.65. The third-order valence-corrected chi connectivity index (χ3v) is 5.05. The number of benzene rings is 2. The van der Waals surface area contributed by atoms with Crippen LogP contribution >= 0.6 is 0 Å². The minimum absolute atomic E-state index is 0.0682. The molecule has 1 saturated heterocycles. The summed E-state index contributed by atoms with van der Waals surface area (Å²) in [6, 6.07) is 14.9. The molecule has 1 aliphatic rings. The van der Waals surface area contributed by atoms with Crippen LogP contribution < -0.4 is 5.32 Å². The highest BCUT2D eigenvalue weighted by molar-refractivity contribution is 5.95. The summed E-state index contributed by atoms with van der Waals surface area (Å²) in [6.45, 7) is 2.64. The first-order valence-corrected chi connectivity index (χ1v) is 9.77. The molecular formula is C22H23N5O2. The van der Waals surface area contributed by atoms with Gasteiger partial charge in [0.15, 0.2) is 0 Å². The quantitative estimate of drug-likeness (QED) is 0.702. The molecule has 0 bridgehead atoms. The van der Waals surface area contributed by atoms with E-state index in [0.717, 1.165) is 37.1 Å². The zero-order valence-corrected chi connectivity index (χ0v) is 16.1. The maximum atomic E-state index is 12.5. The van der Waals surface area contributed by atoms with Gasteiger partial charge in [-0.15, -0.1) is 0 Å². The van der Waals surface area contributed by atoms with Crippen molar-refractivity contribution in [2.75, 3.05) is 13.1 Å². The lowest BCUT2D eigenvalue weighted by Crippen LogP contribution is -2.28. The SMILES string of the molecule is O=C(NCc1cccc(C(=O)N2CCCC2)c1)c1ccc(Cn2cncn2)cc1. The van der Waals surface area contributed by atoms with Crippen LogP contribution in [0, 0.1) is 0 Å². The monoisotopic (exact) mass is 389 g/mol. The van der Waals surface area contributed by atoms with Crippen molar-refractivity contribution >= 4 is 11.8 Å². The highest BCUT2D eigenvalue weighted by Crippen LogP contribution is 2.14. The molecule has 0 unspecified atom stereocenters. The maximum Gasteiger partial charge on any atom is 0.253 e. The Balaban J connectivity index is 1.34. The molecule has 1 aromatic heterocycles. The molecule has 0 aliphatic carbocycles. The van der Waals surface area contributed by atoms with E-state index in [1.807, 2.05) is 41.3 Å². The van der Waals surface area contributed by atoms with Crippen LogP contribution in [0.15, 0.2) is 61.2 Å². The number of carbonyl (C=O) groups excluding carboxylic acids is 2. The van der Waals surface area contributed by atoms with E-state index in [4.69, 9.17) is 0 Å². The van der Waals surface area contributed by atoms with Gasteiger partial charge in [-0.1, -0.05) is 24.3 Å². The minimum Gasteiger partial charge on any atom is -0.348 e. The Morgan fingerprint density at radius 1 is 0.966 bits per heavy atom. The number of likely N-dealkylation sites (tertiary alicyclic amines) is 1. The molecule has 1 N–H and O–H groups in total. The third kappa shape index (κ3) is 4.68. The number of rotatable bonds is 6. The smallest absolute Gasteiger partial charge is 0.253 e. The van der Waals surface area contributed by atoms with Gasteiger partial charge in [-0.2, -0.15) is 5.10 Å². The zero-order chi connectivity index (χ0) is 20.1. The minimum atomic E-state index is -0.145. The Bertz CT molecular complexity index is 977. The number of hydrogen-bond donors (Lipinski definition) is 1. The standard InChI is InChI=1S/C22H23N5O2/c28-21(19-8-6-17(7-9-19)14-27-16-23-15-25-27)24-13-18-4-3-5-20(12-18)22(29)26-10-1-2-11-26/h3-9,12,15-16H,1-2,10-11,13-14H2,(H,24,28). The molecule has 7 nitrogen and oxygen atoms in total. The van der Waals surface area contributed by atoms with Crippen LogP contribution in [0.3, 0.4) is 0 Å². The van der Waals surface area contributed by atoms with E-state index in [1.54, 1.807) is 23.1 Å². The molecule has 4 rings (SSSR count). The number of aromatic nitrogens is 3. The van der Waals surface area contributed by atoms with Crippen molar-refractivity contribution < 1.29 is 9.59 Å². The number of hydrogen-bond acceptors (Lipinski definition) is 4. The van der Waals surface area contributed by atoms with Crippen molar-refractivity contribution in [2.24, 2.45) is 0 Å². The van der Waals surface area contributed by atoms with Gasteiger partial charge in [0.05, 0.1) is 6.54 Å². The second kappa shape index (κ2) is 8.68. The van der Waals surface area contributed by atoms with E-state index in [0.29, 0.717) is 24.2 Å². The lowest BCUT2D eigenvalue weighted by molar-refractivity contribution is 0.0792. The molecule has 3 aromatic rings. The summed E-state index contributed by atoms with van der Waals surface area (Å²) in [5, 5.41) is 7.00. The number of nitrogens with one attached hydrogen (secondary N) is 1. The molecule has 0 spiro atoms. The predicted molar refractivity (Wildman–Crippen MR) is 108 cm³/mol. The molecule has 148 valence electrons. The Labute approximate surface area is 169 Å². The Hall–Kier alpha value is -3.48. The Morgan fingerprint density at radius 2 is 1.76 bits per heavy atom. The van der Waals surface area contributed by atoms with E-state index >= 15 is 0 Å². The molecule has 1 aliphatic heterocycles. The van der Waals surface area contributed by atoms with Crippen LogP contribution in [0.1, 0.15) is 44.7 Å². The summed E-state index contributed by atoms with van der Waals surface area (Å²) in [5.41, 5.74) is 3.22. The fraction of sp³-hybridized carbons (Fsp3) is 0.273. The van der Waals surface area contributed by atoms with Gasteiger partial charge in [0, 0.05) is 30.8 Å². The highest BCUT2D eigenvalue weighted by atomic mass is 16.2. The summed E-state index contributed by atoms with van der Waals surface area (Å²) in [4.78, 5) is 30.8. The van der Waals surface area contributed by atoms with Crippen LogP contribution in [0.4, 0.5) is 0 Å². The lowest BCUT2D eigenvalue weighted by Gasteiger charge is -2.15. The average molecular weight is 389 g/mol. The second-order valence-corrected chi connectivity index (χ2v) is 7.17. The van der Waals surface area contributed by atoms with Gasteiger partial charge in [0.1, 0.15) is 12.7 Å². The van der Waals surface area contributed by atoms with Crippen molar-refractivity contribution in [3.8, 4) is 0 Å². The van der Waals surface area contributed by atoms with Gasteiger partial charge < -0.3 is 10.2 Å². The first kappa shape index (κ1) is 18.9. The predicted octanol–water partition coefficient (Wildman–Crippen LogP) is 2.49. The van der Waals surface area contributed by atoms with E-state index in [1.165, 1.54) is 6.33 Å². The molecule has 7 heteroatoms. The highest BCUT2D eigenvalue weighted by Gasteiger charge is 2.19. The molecule has 0 saturated carbocycles. The summed E-state index contributed by atoms with van der Waals surface area (Å²) in [7, 11) is 0. The van der Waals surface area contributed by atoms with Crippen molar-refractivity contribution in [2.45, 2.75) is 25.9 Å². The topological polar surface area (TPSA) is 80.1 Å². The van der Waals surface area contributed by atoms with Crippen LogP contribution in [-0.4, -0.2) is 44.6 Å². The molecule has 2 heterocycles. The normalized spacial score (nSPS) is 13.4. The fourth-order valence-corrected chi connectivity index (χ4v) is 3.46. The second-order valence-electron chi connectivity index (χ2n) is 7.17. The van der Waals surface area contributed by atoms with E-state index in [2.05, 4.69) is 15.4 Å². The van der Waals surface area contributed by atoms with Crippen LogP contribution in [-0.2, 0) is 13.1 Å². The molecule has 1 fully saturated rings. The fourth-order valence-electron chi connectivity index (χ4n) is 3.46. The molecule has 0 radical (unpaired) electrons. The van der Waals surface area contributed by atoms with E-state index in [-0.39, 0.29) is 11.8 Å². The van der Waals surface area contributed by atoms with Gasteiger partial charge in [-0.05, 0) is 48.2 Å². The average Bonchev–Trinajstić information content (AvgIpc) is 3.47. The van der Waals surface area contributed by atoms with Crippen LogP contribution in [0.2, 0.25) is 0 Å². The molecule has 29 heavy (non-hydrogen) atoms. The van der Waals surface area contributed by atoms with Gasteiger partial charge in [0.2, 0.25) is 0 Å². The van der Waals surface area contributed by atoms with Crippen LogP contribution in [0.25, 0.3) is 0 Å². The first-order chi connectivity index (χ1) is 14.2. The Morgan fingerprint density at radius 3 is 2.48 bits per heavy atom. The number of amides is 2.